The molecule has 4 aromatic rings. The average Bonchev–Trinajstić information content (AvgIpc) is 2.77. The van der Waals surface area contributed by atoms with Gasteiger partial charge >= 0.3 is 6.18 Å². The molecule has 0 N–H and O–H groups in total. The Bertz CT molecular complexity index is 1420. The molecule has 0 saturated heterocycles. The summed E-state index contributed by atoms with van der Waals surface area (Å²) >= 11 is 0. The zero-order chi connectivity index (χ0) is 26.2. The molecule has 4 aromatic carbocycles. The topological polar surface area (TPSA) is 9.23 Å². The van der Waals surface area contributed by atoms with E-state index >= 15 is 4.39 Å². The summed E-state index contributed by atoms with van der Waals surface area (Å²) in [6.45, 7) is -0.00146. The smallest absolute Gasteiger partial charge is 0.422 e. The number of hydrogen-bond acceptors (Lipinski definition) is 1. The molecule has 0 amide bonds. The third-order valence-corrected chi connectivity index (χ3v) is 5.58. The van der Waals surface area contributed by atoms with Crippen molar-refractivity contribution in [1.29, 1.82) is 0 Å². The maximum Gasteiger partial charge on any atom is 0.422 e. The van der Waals surface area contributed by atoms with E-state index in [4.69, 9.17) is 0 Å². The van der Waals surface area contributed by atoms with Gasteiger partial charge in [-0.05, 0) is 58.8 Å². The van der Waals surface area contributed by atoms with E-state index in [0.29, 0.717) is 18.4 Å². The Balaban J connectivity index is 1.70. The van der Waals surface area contributed by atoms with Crippen LogP contribution in [0.25, 0.3) is 33.0 Å². The molecule has 0 aliphatic rings. The van der Waals surface area contributed by atoms with Crippen molar-refractivity contribution >= 4 is 10.8 Å². The molecule has 0 bridgehead atoms. The van der Waals surface area contributed by atoms with Gasteiger partial charge < -0.3 is 4.74 Å². The van der Waals surface area contributed by atoms with Crippen molar-refractivity contribution in [3.63, 3.8) is 0 Å². The summed E-state index contributed by atoms with van der Waals surface area (Å²) in [5, 5.41) is -0.278. The van der Waals surface area contributed by atoms with Gasteiger partial charge in [-0.3, -0.25) is 0 Å². The fourth-order valence-electron chi connectivity index (χ4n) is 4.00. The minimum Gasteiger partial charge on any atom is -0.478 e. The molecule has 4 rings (SSSR count). The van der Waals surface area contributed by atoms with Crippen LogP contribution in [0.5, 0.6) is 5.75 Å². The van der Waals surface area contributed by atoms with Gasteiger partial charge in [0.25, 0.3) is 0 Å². The molecule has 9 heteroatoms. The fourth-order valence-corrected chi connectivity index (χ4v) is 4.00. The lowest BCUT2D eigenvalue weighted by atomic mass is 9.96. The van der Waals surface area contributed by atoms with Crippen molar-refractivity contribution in [3.05, 3.63) is 89.2 Å². The Labute approximate surface area is 200 Å². The number of hydrogen-bond donors (Lipinski definition) is 0. The van der Waals surface area contributed by atoms with Crippen LogP contribution >= 0.6 is 0 Å². The third-order valence-electron chi connectivity index (χ3n) is 5.58. The first kappa shape index (κ1) is 25.5. The van der Waals surface area contributed by atoms with Gasteiger partial charge in [0.1, 0.15) is 17.5 Å². The molecule has 0 aliphatic carbocycles. The molecule has 0 saturated carbocycles. The Hall–Kier alpha value is -3.62. The molecule has 1 nitrogen and oxygen atoms in total. The highest BCUT2D eigenvalue weighted by molar-refractivity contribution is 5.89. The van der Waals surface area contributed by atoms with E-state index < -0.39 is 47.6 Å². The van der Waals surface area contributed by atoms with Crippen molar-refractivity contribution in [1.82, 2.24) is 0 Å². The van der Waals surface area contributed by atoms with Gasteiger partial charge in [-0.2, -0.15) is 13.2 Å². The summed E-state index contributed by atoms with van der Waals surface area (Å²) in [5.74, 6) is -6.34. The SMILES string of the molecule is CCCc1cc(F)c(-c2ccc(-c3ccc4c(F)c(OCC(F)(F)F)c(F)cc4c3)c(F)c2)c(F)c1. The van der Waals surface area contributed by atoms with Gasteiger partial charge in [0, 0.05) is 10.9 Å². The lowest BCUT2D eigenvalue weighted by molar-refractivity contribution is -0.154. The van der Waals surface area contributed by atoms with E-state index in [0.717, 1.165) is 18.2 Å². The second kappa shape index (κ2) is 9.79. The summed E-state index contributed by atoms with van der Waals surface area (Å²) in [6.07, 6.45) is -3.60. The normalized spacial score (nSPS) is 11.8. The van der Waals surface area contributed by atoms with E-state index in [-0.39, 0.29) is 33.0 Å². The molecular weight excluding hydrogens is 492 g/mol. The quantitative estimate of drug-likeness (QED) is 0.236. The highest BCUT2D eigenvalue weighted by atomic mass is 19.4. The number of fused-ring (bicyclic) bond motifs is 1. The molecule has 0 unspecified atom stereocenters. The van der Waals surface area contributed by atoms with Crippen molar-refractivity contribution in [2.75, 3.05) is 6.61 Å². The van der Waals surface area contributed by atoms with Gasteiger partial charge in [-0.15, -0.1) is 0 Å². The molecule has 0 atom stereocenters. The van der Waals surface area contributed by atoms with Crippen LogP contribution in [0.2, 0.25) is 0 Å². The van der Waals surface area contributed by atoms with Gasteiger partial charge in [-0.25, -0.2) is 22.0 Å². The van der Waals surface area contributed by atoms with Gasteiger partial charge in [-0.1, -0.05) is 37.6 Å². The van der Waals surface area contributed by atoms with Crippen LogP contribution in [0.1, 0.15) is 18.9 Å². The molecule has 188 valence electrons. The Kier molecular flexibility index (Phi) is 6.93. The zero-order valence-electron chi connectivity index (χ0n) is 18.7. The third kappa shape index (κ3) is 5.15. The van der Waals surface area contributed by atoms with Crippen LogP contribution in [0.3, 0.4) is 0 Å². The molecular formula is C27H18F8O. The second-order valence-corrected chi connectivity index (χ2v) is 8.22. The molecule has 0 aromatic heterocycles. The van der Waals surface area contributed by atoms with Crippen molar-refractivity contribution in [2.24, 2.45) is 0 Å². The van der Waals surface area contributed by atoms with E-state index in [2.05, 4.69) is 4.74 Å². The minimum atomic E-state index is -4.79. The lowest BCUT2D eigenvalue weighted by Crippen LogP contribution is -2.20. The van der Waals surface area contributed by atoms with Crippen molar-refractivity contribution in [2.45, 2.75) is 25.9 Å². The molecule has 36 heavy (non-hydrogen) atoms. The Morgan fingerprint density at radius 2 is 1.39 bits per heavy atom. The monoisotopic (exact) mass is 510 g/mol. The van der Waals surface area contributed by atoms with E-state index in [9.17, 15) is 30.7 Å². The summed E-state index contributed by atoms with van der Waals surface area (Å²) in [6, 6.07) is 10.4. The average molecular weight is 510 g/mol. The zero-order valence-corrected chi connectivity index (χ0v) is 18.7. The number of halogens is 8. The van der Waals surface area contributed by atoms with Crippen LogP contribution in [0.15, 0.2) is 54.6 Å². The van der Waals surface area contributed by atoms with Crippen LogP contribution in [0, 0.1) is 29.1 Å². The number of benzene rings is 4. The fraction of sp³-hybridized carbons (Fsp3) is 0.185. The highest BCUT2D eigenvalue weighted by Crippen LogP contribution is 2.36. The van der Waals surface area contributed by atoms with Gasteiger partial charge in [0.15, 0.2) is 24.0 Å². The first-order valence-electron chi connectivity index (χ1n) is 10.9. The Morgan fingerprint density at radius 1 is 0.722 bits per heavy atom. The summed E-state index contributed by atoms with van der Waals surface area (Å²) in [7, 11) is 0. The summed E-state index contributed by atoms with van der Waals surface area (Å²) in [5.41, 5.74) is 0.250. The van der Waals surface area contributed by atoms with Crippen LogP contribution in [0.4, 0.5) is 35.1 Å². The number of ether oxygens (including phenoxy) is 1. The van der Waals surface area contributed by atoms with E-state index in [1.54, 1.807) is 0 Å². The maximum absolute atomic E-state index is 15.0. The molecule has 0 spiro atoms. The van der Waals surface area contributed by atoms with Crippen LogP contribution in [-0.4, -0.2) is 12.8 Å². The van der Waals surface area contributed by atoms with E-state index in [1.807, 2.05) is 6.92 Å². The molecule has 0 heterocycles. The molecule has 0 radical (unpaired) electrons. The van der Waals surface area contributed by atoms with Gasteiger partial charge in [0.2, 0.25) is 0 Å². The first-order valence-corrected chi connectivity index (χ1v) is 10.9. The molecule has 0 aliphatic heterocycles. The van der Waals surface area contributed by atoms with Crippen molar-refractivity contribution < 1.29 is 39.9 Å². The molecule has 0 fully saturated rings. The highest BCUT2D eigenvalue weighted by Gasteiger charge is 2.30. The van der Waals surface area contributed by atoms with E-state index in [1.165, 1.54) is 36.4 Å². The first-order chi connectivity index (χ1) is 17.0. The number of alkyl halides is 3. The second-order valence-electron chi connectivity index (χ2n) is 8.22. The largest absolute Gasteiger partial charge is 0.478 e. The predicted molar refractivity (Wildman–Crippen MR) is 120 cm³/mol. The predicted octanol–water partition coefficient (Wildman–Crippen LogP) is 8.76. The summed E-state index contributed by atoms with van der Waals surface area (Å²) < 4.78 is 114. The van der Waals surface area contributed by atoms with Crippen LogP contribution < -0.4 is 4.74 Å². The maximum atomic E-state index is 15.0. The standard InChI is InChI=1S/C27H18F8O/c1-2-3-14-8-21(29)24(22(30)9-14)16-5-6-18(20(28)11-16)15-4-7-19-17(10-15)12-23(31)26(25(19)32)36-13-27(33,34)35/h4-12H,2-3,13H2,1H3. The number of rotatable bonds is 6. The van der Waals surface area contributed by atoms with Gasteiger partial charge in [0.05, 0.1) is 5.56 Å². The minimum absolute atomic E-state index is 0.0118. The van der Waals surface area contributed by atoms with Crippen LogP contribution in [-0.2, 0) is 6.42 Å². The Morgan fingerprint density at radius 3 is 2.00 bits per heavy atom. The number of aryl methyl sites for hydroxylation is 1. The van der Waals surface area contributed by atoms with Crippen molar-refractivity contribution in [3.8, 4) is 28.0 Å². The lowest BCUT2D eigenvalue weighted by Gasteiger charge is -2.13. The summed E-state index contributed by atoms with van der Waals surface area (Å²) in [4.78, 5) is 0.